The molecule has 0 bridgehead atoms. The minimum absolute atomic E-state index is 0.214. The summed E-state index contributed by atoms with van der Waals surface area (Å²) in [7, 11) is 4.64. The molecule has 2 aromatic carbocycles. The zero-order chi connectivity index (χ0) is 19.6. The predicted molar refractivity (Wildman–Crippen MR) is 105 cm³/mol. The van der Waals surface area contributed by atoms with E-state index >= 15 is 0 Å². The van der Waals surface area contributed by atoms with Crippen molar-refractivity contribution < 1.29 is 23.7 Å². The van der Waals surface area contributed by atoms with E-state index < -0.39 is 0 Å². The average molecular weight is 371 g/mol. The van der Waals surface area contributed by atoms with Crippen LogP contribution in [-0.2, 0) is 11.3 Å². The van der Waals surface area contributed by atoms with Gasteiger partial charge in [-0.25, -0.2) is 0 Å². The number of methoxy groups -OCH3 is 3. The monoisotopic (exact) mass is 371 g/mol. The fourth-order valence-electron chi connectivity index (χ4n) is 2.58. The largest absolute Gasteiger partial charge is 0.494 e. The fraction of sp³-hybridized carbons (Fsp3) is 0.286. The van der Waals surface area contributed by atoms with Crippen molar-refractivity contribution in [3.63, 3.8) is 0 Å². The third kappa shape index (κ3) is 5.41. The number of nitrogens with one attached hydrogen (secondary N) is 1. The van der Waals surface area contributed by atoms with Gasteiger partial charge in [-0.2, -0.15) is 0 Å². The molecular weight excluding hydrogens is 346 g/mol. The molecule has 0 saturated carbocycles. The maximum Gasteiger partial charge on any atom is 0.244 e. The zero-order valence-electron chi connectivity index (χ0n) is 16.1. The lowest BCUT2D eigenvalue weighted by atomic mass is 10.1. The third-order valence-corrected chi connectivity index (χ3v) is 3.83. The second kappa shape index (κ2) is 10.1. The topological polar surface area (TPSA) is 66.0 Å². The Hall–Kier alpha value is -3.15. The molecular formula is C21H25NO5. The lowest BCUT2D eigenvalue weighted by molar-refractivity contribution is -0.116. The van der Waals surface area contributed by atoms with Crippen LogP contribution in [0.25, 0.3) is 6.08 Å². The minimum atomic E-state index is -0.214. The standard InChI is InChI=1S/C21H25NO5/c1-5-27-17-8-6-7-15(13-17)14-22-19(23)12-10-16-9-11-18(24-2)21(26-4)20(16)25-3/h6-13H,5,14H2,1-4H3,(H,22,23)/b12-10+. The van der Waals surface area contributed by atoms with Crippen LogP contribution < -0.4 is 24.3 Å². The molecule has 2 rings (SSSR count). The van der Waals surface area contributed by atoms with Gasteiger partial charge >= 0.3 is 0 Å². The Labute approximate surface area is 159 Å². The number of carbonyl (C=O) groups excluding carboxylic acids is 1. The quantitative estimate of drug-likeness (QED) is 0.684. The lowest BCUT2D eigenvalue weighted by Gasteiger charge is -2.14. The van der Waals surface area contributed by atoms with Gasteiger partial charge in [0, 0.05) is 18.2 Å². The smallest absolute Gasteiger partial charge is 0.244 e. The van der Waals surface area contributed by atoms with Crippen molar-refractivity contribution in [1.29, 1.82) is 0 Å². The van der Waals surface area contributed by atoms with Crippen molar-refractivity contribution in [2.24, 2.45) is 0 Å². The Balaban J connectivity index is 2.05. The van der Waals surface area contributed by atoms with E-state index in [-0.39, 0.29) is 5.91 Å². The minimum Gasteiger partial charge on any atom is -0.494 e. The van der Waals surface area contributed by atoms with Crippen LogP contribution in [0.5, 0.6) is 23.0 Å². The van der Waals surface area contributed by atoms with E-state index in [0.29, 0.717) is 36.0 Å². The molecule has 0 aliphatic carbocycles. The number of rotatable bonds is 9. The molecule has 1 N–H and O–H groups in total. The number of benzene rings is 2. The second-order valence-corrected chi connectivity index (χ2v) is 5.56. The van der Waals surface area contributed by atoms with E-state index in [4.69, 9.17) is 18.9 Å². The van der Waals surface area contributed by atoms with Gasteiger partial charge in [-0.3, -0.25) is 4.79 Å². The van der Waals surface area contributed by atoms with E-state index in [9.17, 15) is 4.79 Å². The highest BCUT2D eigenvalue weighted by Crippen LogP contribution is 2.40. The summed E-state index contributed by atoms with van der Waals surface area (Å²) in [4.78, 5) is 12.2. The SMILES string of the molecule is CCOc1cccc(CNC(=O)/C=C/c2ccc(OC)c(OC)c2OC)c1. The molecule has 0 saturated heterocycles. The number of hydrogen-bond acceptors (Lipinski definition) is 5. The van der Waals surface area contributed by atoms with Crippen molar-refractivity contribution in [2.45, 2.75) is 13.5 Å². The van der Waals surface area contributed by atoms with Gasteiger partial charge < -0.3 is 24.3 Å². The van der Waals surface area contributed by atoms with Gasteiger partial charge in [0.15, 0.2) is 11.5 Å². The molecule has 144 valence electrons. The highest BCUT2D eigenvalue weighted by atomic mass is 16.5. The molecule has 2 aromatic rings. The Morgan fingerprint density at radius 1 is 1.04 bits per heavy atom. The first-order chi connectivity index (χ1) is 13.1. The summed E-state index contributed by atoms with van der Waals surface area (Å²) in [6, 6.07) is 11.2. The number of hydrogen-bond donors (Lipinski definition) is 1. The summed E-state index contributed by atoms with van der Waals surface area (Å²) in [6.45, 7) is 2.94. The van der Waals surface area contributed by atoms with Crippen molar-refractivity contribution in [3.05, 3.63) is 53.6 Å². The van der Waals surface area contributed by atoms with Gasteiger partial charge in [-0.15, -0.1) is 0 Å². The molecule has 0 atom stereocenters. The Morgan fingerprint density at radius 2 is 1.81 bits per heavy atom. The van der Waals surface area contributed by atoms with Crippen LogP contribution in [0.1, 0.15) is 18.1 Å². The number of amides is 1. The van der Waals surface area contributed by atoms with Crippen LogP contribution in [0.4, 0.5) is 0 Å². The normalized spacial score (nSPS) is 10.5. The lowest BCUT2D eigenvalue weighted by Crippen LogP contribution is -2.20. The third-order valence-electron chi connectivity index (χ3n) is 3.83. The molecule has 6 heteroatoms. The van der Waals surface area contributed by atoms with Gasteiger partial charge in [-0.05, 0) is 42.8 Å². The summed E-state index contributed by atoms with van der Waals surface area (Å²) in [5, 5.41) is 2.85. The van der Waals surface area contributed by atoms with Gasteiger partial charge in [0.25, 0.3) is 0 Å². The van der Waals surface area contributed by atoms with Crippen molar-refractivity contribution in [1.82, 2.24) is 5.32 Å². The molecule has 0 heterocycles. The molecule has 0 unspecified atom stereocenters. The zero-order valence-corrected chi connectivity index (χ0v) is 16.1. The molecule has 0 aromatic heterocycles. The number of ether oxygens (including phenoxy) is 4. The van der Waals surface area contributed by atoms with Gasteiger partial charge in [0.1, 0.15) is 5.75 Å². The fourth-order valence-corrected chi connectivity index (χ4v) is 2.58. The molecule has 27 heavy (non-hydrogen) atoms. The summed E-state index contributed by atoms with van der Waals surface area (Å²) >= 11 is 0. The first kappa shape index (κ1) is 20.2. The number of carbonyl (C=O) groups is 1. The van der Waals surface area contributed by atoms with Gasteiger partial charge in [-0.1, -0.05) is 12.1 Å². The molecule has 0 aliphatic heterocycles. The van der Waals surface area contributed by atoms with E-state index in [1.165, 1.54) is 13.2 Å². The molecule has 0 spiro atoms. The Morgan fingerprint density at radius 3 is 2.48 bits per heavy atom. The molecule has 0 fully saturated rings. The highest BCUT2D eigenvalue weighted by Gasteiger charge is 2.14. The van der Waals surface area contributed by atoms with Crippen LogP contribution in [0.15, 0.2) is 42.5 Å². The van der Waals surface area contributed by atoms with Crippen molar-refractivity contribution >= 4 is 12.0 Å². The molecule has 6 nitrogen and oxygen atoms in total. The predicted octanol–water partition coefficient (Wildman–Crippen LogP) is 3.44. The van der Waals surface area contributed by atoms with Crippen LogP contribution in [-0.4, -0.2) is 33.8 Å². The van der Waals surface area contributed by atoms with Gasteiger partial charge in [0.05, 0.1) is 27.9 Å². The van der Waals surface area contributed by atoms with E-state index in [1.54, 1.807) is 32.4 Å². The summed E-state index contributed by atoms with van der Waals surface area (Å²) in [5.74, 6) is 2.12. The second-order valence-electron chi connectivity index (χ2n) is 5.56. The maximum absolute atomic E-state index is 12.2. The van der Waals surface area contributed by atoms with E-state index in [2.05, 4.69) is 5.32 Å². The van der Waals surface area contributed by atoms with E-state index in [0.717, 1.165) is 11.3 Å². The highest BCUT2D eigenvalue weighted by molar-refractivity contribution is 5.92. The molecule has 0 aliphatic rings. The van der Waals surface area contributed by atoms with Crippen LogP contribution in [0.2, 0.25) is 0 Å². The summed E-state index contributed by atoms with van der Waals surface area (Å²) < 4.78 is 21.5. The first-order valence-electron chi connectivity index (χ1n) is 8.59. The van der Waals surface area contributed by atoms with Crippen LogP contribution >= 0.6 is 0 Å². The van der Waals surface area contributed by atoms with Crippen molar-refractivity contribution in [2.75, 3.05) is 27.9 Å². The van der Waals surface area contributed by atoms with Crippen molar-refractivity contribution in [3.8, 4) is 23.0 Å². The Kier molecular flexibility index (Phi) is 7.55. The molecule has 0 radical (unpaired) electrons. The van der Waals surface area contributed by atoms with Crippen LogP contribution in [0, 0.1) is 0 Å². The first-order valence-corrected chi connectivity index (χ1v) is 8.59. The molecule has 1 amide bonds. The van der Waals surface area contributed by atoms with Crippen LogP contribution in [0.3, 0.4) is 0 Å². The maximum atomic E-state index is 12.2. The Bertz CT molecular complexity index is 801. The summed E-state index contributed by atoms with van der Waals surface area (Å²) in [6.07, 6.45) is 3.13. The van der Waals surface area contributed by atoms with Gasteiger partial charge in [0.2, 0.25) is 11.7 Å². The average Bonchev–Trinajstić information content (AvgIpc) is 2.70. The van der Waals surface area contributed by atoms with E-state index in [1.807, 2.05) is 31.2 Å². The summed E-state index contributed by atoms with van der Waals surface area (Å²) in [5.41, 5.74) is 1.68.